The Morgan fingerprint density at radius 1 is 1.42 bits per heavy atom. The predicted molar refractivity (Wildman–Crippen MR) is 77.0 cm³/mol. The molecule has 0 aliphatic carbocycles. The molecular formula is C11H19ClN4O2S. The number of hydrogen-bond acceptors (Lipinski definition) is 5. The number of rotatable bonds is 7. The normalized spacial score (nSPS) is 11.8. The van der Waals surface area contributed by atoms with E-state index < -0.39 is 10.0 Å². The van der Waals surface area contributed by atoms with E-state index in [0.29, 0.717) is 42.9 Å². The fourth-order valence-electron chi connectivity index (χ4n) is 1.65. The minimum Gasteiger partial charge on any atom is -0.370 e. The van der Waals surface area contributed by atoms with E-state index in [1.807, 2.05) is 6.92 Å². The van der Waals surface area contributed by atoms with E-state index in [2.05, 4.69) is 15.3 Å². The molecule has 0 radical (unpaired) electrons. The van der Waals surface area contributed by atoms with Gasteiger partial charge in [0, 0.05) is 25.7 Å². The first-order valence-electron chi connectivity index (χ1n) is 6.03. The standard InChI is InChI=1S/C11H19ClN4O2S/c1-4-16(19(3,17)18)7-5-6-13-11-8-10(12)14-9(2)15-11/h8H,4-7H2,1-3H3,(H,13,14,15). The lowest BCUT2D eigenvalue weighted by molar-refractivity contribution is 0.428. The molecule has 19 heavy (non-hydrogen) atoms. The zero-order chi connectivity index (χ0) is 14.5. The van der Waals surface area contributed by atoms with Crippen molar-refractivity contribution >= 4 is 27.4 Å². The molecule has 1 aromatic rings. The van der Waals surface area contributed by atoms with Crippen LogP contribution in [-0.2, 0) is 10.0 Å². The van der Waals surface area contributed by atoms with E-state index in [0.717, 1.165) is 0 Å². The molecule has 1 heterocycles. The quantitative estimate of drug-likeness (QED) is 0.610. The Balaban J connectivity index is 2.42. The molecule has 0 spiro atoms. The van der Waals surface area contributed by atoms with Crippen molar-refractivity contribution in [3.8, 4) is 0 Å². The lowest BCUT2D eigenvalue weighted by Gasteiger charge is -2.17. The minimum atomic E-state index is -3.11. The van der Waals surface area contributed by atoms with E-state index >= 15 is 0 Å². The average molecular weight is 307 g/mol. The average Bonchev–Trinajstić information content (AvgIpc) is 2.25. The lowest BCUT2D eigenvalue weighted by atomic mass is 10.4. The zero-order valence-electron chi connectivity index (χ0n) is 11.4. The maximum absolute atomic E-state index is 11.4. The molecule has 6 nitrogen and oxygen atoms in total. The molecule has 0 bridgehead atoms. The fourth-order valence-corrected chi connectivity index (χ4v) is 2.81. The van der Waals surface area contributed by atoms with Crippen LogP contribution in [-0.4, -0.2) is 48.6 Å². The third-order valence-corrected chi connectivity index (χ3v) is 4.09. The van der Waals surface area contributed by atoms with Gasteiger partial charge in [0.1, 0.15) is 16.8 Å². The maximum atomic E-state index is 11.4. The third kappa shape index (κ3) is 5.71. The van der Waals surface area contributed by atoms with Crippen molar-refractivity contribution in [2.24, 2.45) is 0 Å². The van der Waals surface area contributed by atoms with Crippen LogP contribution in [0.1, 0.15) is 19.2 Å². The largest absolute Gasteiger partial charge is 0.370 e. The molecule has 0 aliphatic heterocycles. The van der Waals surface area contributed by atoms with E-state index in [9.17, 15) is 8.42 Å². The second kappa shape index (κ2) is 7.02. The maximum Gasteiger partial charge on any atom is 0.211 e. The molecule has 0 atom stereocenters. The van der Waals surface area contributed by atoms with Gasteiger partial charge in [0.25, 0.3) is 0 Å². The van der Waals surface area contributed by atoms with E-state index in [1.54, 1.807) is 13.0 Å². The molecule has 0 aromatic carbocycles. The number of halogens is 1. The highest BCUT2D eigenvalue weighted by Gasteiger charge is 2.13. The van der Waals surface area contributed by atoms with Crippen molar-refractivity contribution < 1.29 is 8.42 Å². The first kappa shape index (κ1) is 16.1. The van der Waals surface area contributed by atoms with Gasteiger partial charge < -0.3 is 5.32 Å². The van der Waals surface area contributed by atoms with Crippen molar-refractivity contribution in [3.05, 3.63) is 17.0 Å². The Morgan fingerprint density at radius 3 is 2.63 bits per heavy atom. The van der Waals surface area contributed by atoms with Gasteiger partial charge in [0.2, 0.25) is 10.0 Å². The SMILES string of the molecule is CCN(CCCNc1cc(Cl)nc(C)n1)S(C)(=O)=O. The van der Waals surface area contributed by atoms with Crippen molar-refractivity contribution in [1.29, 1.82) is 0 Å². The van der Waals surface area contributed by atoms with Crippen LogP contribution < -0.4 is 5.32 Å². The Labute approximate surface area is 119 Å². The van der Waals surface area contributed by atoms with Crippen LogP contribution in [0.5, 0.6) is 0 Å². The molecule has 8 heteroatoms. The molecule has 1 aromatic heterocycles. The van der Waals surface area contributed by atoms with Gasteiger partial charge in [0.05, 0.1) is 6.26 Å². The number of sulfonamides is 1. The highest BCUT2D eigenvalue weighted by Crippen LogP contribution is 2.11. The summed E-state index contributed by atoms with van der Waals surface area (Å²) < 4.78 is 24.2. The number of anilines is 1. The highest BCUT2D eigenvalue weighted by atomic mass is 35.5. The van der Waals surface area contributed by atoms with Crippen LogP contribution in [0.3, 0.4) is 0 Å². The summed E-state index contributed by atoms with van der Waals surface area (Å²) >= 11 is 5.82. The van der Waals surface area contributed by atoms with Crippen LogP contribution in [0.25, 0.3) is 0 Å². The second-order valence-corrected chi connectivity index (χ2v) is 6.53. The monoisotopic (exact) mass is 306 g/mol. The van der Waals surface area contributed by atoms with Crippen molar-refractivity contribution in [1.82, 2.24) is 14.3 Å². The summed E-state index contributed by atoms with van der Waals surface area (Å²) in [4.78, 5) is 8.14. The molecule has 0 amide bonds. The highest BCUT2D eigenvalue weighted by molar-refractivity contribution is 7.88. The molecule has 108 valence electrons. The molecule has 1 rings (SSSR count). The van der Waals surface area contributed by atoms with Gasteiger partial charge in [-0.1, -0.05) is 18.5 Å². The minimum absolute atomic E-state index is 0.390. The first-order valence-corrected chi connectivity index (χ1v) is 8.25. The summed E-state index contributed by atoms with van der Waals surface area (Å²) in [6.45, 7) is 5.18. The lowest BCUT2D eigenvalue weighted by Crippen LogP contribution is -2.31. The van der Waals surface area contributed by atoms with Gasteiger partial charge in [-0.05, 0) is 13.3 Å². The number of hydrogen-bond donors (Lipinski definition) is 1. The van der Waals surface area contributed by atoms with Gasteiger partial charge in [0.15, 0.2) is 0 Å². The summed E-state index contributed by atoms with van der Waals surface area (Å²) in [5, 5.41) is 3.49. The fraction of sp³-hybridized carbons (Fsp3) is 0.636. The summed E-state index contributed by atoms with van der Waals surface area (Å²) in [5.74, 6) is 1.25. The molecule has 1 N–H and O–H groups in total. The van der Waals surface area contributed by atoms with E-state index in [4.69, 9.17) is 11.6 Å². The molecule has 0 unspecified atom stereocenters. The van der Waals surface area contributed by atoms with Gasteiger partial charge in [-0.15, -0.1) is 0 Å². The molecule has 0 saturated heterocycles. The van der Waals surface area contributed by atoms with Crippen LogP contribution in [0.4, 0.5) is 5.82 Å². The zero-order valence-corrected chi connectivity index (χ0v) is 12.9. The summed E-state index contributed by atoms with van der Waals surface area (Å²) in [6, 6.07) is 1.64. The number of aromatic nitrogens is 2. The van der Waals surface area contributed by atoms with Gasteiger partial charge in [-0.3, -0.25) is 0 Å². The predicted octanol–water partition coefficient (Wildman–Crippen LogP) is 1.52. The molecular weight excluding hydrogens is 288 g/mol. The Hall–Kier alpha value is -0.920. The Kier molecular flexibility index (Phi) is 5.96. The summed E-state index contributed by atoms with van der Waals surface area (Å²) in [6.07, 6.45) is 1.92. The van der Waals surface area contributed by atoms with Gasteiger partial charge in [-0.25, -0.2) is 22.7 Å². The number of nitrogens with zero attached hydrogens (tertiary/aromatic N) is 3. The third-order valence-electron chi connectivity index (χ3n) is 2.52. The van der Waals surface area contributed by atoms with Crippen LogP contribution >= 0.6 is 11.6 Å². The van der Waals surface area contributed by atoms with E-state index in [-0.39, 0.29) is 0 Å². The van der Waals surface area contributed by atoms with E-state index in [1.165, 1.54) is 10.6 Å². The molecule has 0 saturated carbocycles. The Bertz CT molecular complexity index is 501. The summed E-state index contributed by atoms with van der Waals surface area (Å²) in [5.41, 5.74) is 0. The van der Waals surface area contributed by atoms with Gasteiger partial charge in [-0.2, -0.15) is 0 Å². The van der Waals surface area contributed by atoms with Crippen LogP contribution in [0.15, 0.2) is 6.07 Å². The smallest absolute Gasteiger partial charge is 0.211 e. The summed E-state index contributed by atoms with van der Waals surface area (Å²) in [7, 11) is -3.11. The molecule has 0 fully saturated rings. The van der Waals surface area contributed by atoms with Crippen molar-refractivity contribution in [2.45, 2.75) is 20.3 Å². The van der Waals surface area contributed by atoms with Crippen molar-refractivity contribution in [2.75, 3.05) is 31.2 Å². The molecule has 0 aliphatic rings. The number of aryl methyl sites for hydroxylation is 1. The first-order chi connectivity index (χ1) is 8.82. The second-order valence-electron chi connectivity index (χ2n) is 4.16. The topological polar surface area (TPSA) is 75.2 Å². The van der Waals surface area contributed by atoms with Crippen LogP contribution in [0, 0.1) is 6.92 Å². The van der Waals surface area contributed by atoms with Crippen LogP contribution in [0.2, 0.25) is 5.15 Å². The van der Waals surface area contributed by atoms with Crippen molar-refractivity contribution in [3.63, 3.8) is 0 Å². The van der Waals surface area contributed by atoms with Gasteiger partial charge >= 0.3 is 0 Å². The Morgan fingerprint density at radius 2 is 2.11 bits per heavy atom. The number of nitrogens with one attached hydrogen (secondary N) is 1.